The van der Waals surface area contributed by atoms with Gasteiger partial charge in [0, 0.05) is 19.0 Å². The second-order valence-corrected chi connectivity index (χ2v) is 3.75. The molecule has 1 aliphatic heterocycles. The largest absolute Gasteiger partial charge is 0.481 e. The highest BCUT2D eigenvalue weighted by Gasteiger charge is 2.36. The second-order valence-electron chi connectivity index (χ2n) is 3.75. The molecule has 1 heterocycles. The van der Waals surface area contributed by atoms with E-state index in [1.54, 1.807) is 7.05 Å². The lowest BCUT2D eigenvalue weighted by atomic mass is 10.0. The Morgan fingerprint density at radius 3 is 2.73 bits per heavy atom. The van der Waals surface area contributed by atoms with Crippen molar-refractivity contribution in [3.63, 3.8) is 0 Å². The molecule has 0 spiro atoms. The number of nitrogens with zero attached hydrogens (tertiary/aromatic N) is 1. The number of hydrogen-bond donors (Lipinski definition) is 2. The molecule has 2 unspecified atom stereocenters. The molecule has 1 rings (SSSR count). The summed E-state index contributed by atoms with van der Waals surface area (Å²) >= 11 is 0. The minimum atomic E-state index is -0.858. The standard InChI is InChI=1S/C9H16N2O4/c1-11(3-2-8(10)12)7-5-15-4-6(7)9(13)14/h6-7H,2-5H2,1H3,(H2,10,12)(H,13,14). The van der Waals surface area contributed by atoms with Crippen LogP contribution in [0.5, 0.6) is 0 Å². The maximum atomic E-state index is 10.9. The van der Waals surface area contributed by atoms with Crippen molar-refractivity contribution in [1.82, 2.24) is 4.90 Å². The van der Waals surface area contributed by atoms with Crippen molar-refractivity contribution in [3.05, 3.63) is 0 Å². The molecule has 0 aromatic heterocycles. The molecule has 15 heavy (non-hydrogen) atoms. The van der Waals surface area contributed by atoms with Gasteiger partial charge in [-0.1, -0.05) is 0 Å². The van der Waals surface area contributed by atoms with E-state index in [-0.39, 0.29) is 25.0 Å². The van der Waals surface area contributed by atoms with E-state index in [2.05, 4.69) is 0 Å². The van der Waals surface area contributed by atoms with Crippen molar-refractivity contribution >= 4 is 11.9 Å². The van der Waals surface area contributed by atoms with Crippen LogP contribution in [0.3, 0.4) is 0 Å². The first kappa shape index (κ1) is 11.9. The number of ether oxygens (including phenoxy) is 1. The summed E-state index contributed by atoms with van der Waals surface area (Å²) in [6.07, 6.45) is 0.235. The Bertz CT molecular complexity index is 256. The third-order valence-corrected chi connectivity index (χ3v) is 2.64. The predicted molar refractivity (Wildman–Crippen MR) is 52.2 cm³/mol. The Morgan fingerprint density at radius 1 is 1.53 bits per heavy atom. The molecule has 1 saturated heterocycles. The summed E-state index contributed by atoms with van der Waals surface area (Å²) in [5.41, 5.74) is 5.02. The van der Waals surface area contributed by atoms with Gasteiger partial charge in [-0.15, -0.1) is 0 Å². The average molecular weight is 216 g/mol. The number of carboxylic acid groups (broad SMARTS) is 1. The summed E-state index contributed by atoms with van der Waals surface area (Å²) in [7, 11) is 1.78. The zero-order valence-electron chi connectivity index (χ0n) is 8.68. The minimum absolute atomic E-state index is 0.165. The van der Waals surface area contributed by atoms with Gasteiger partial charge in [-0.25, -0.2) is 0 Å². The van der Waals surface area contributed by atoms with Crippen LogP contribution in [0.15, 0.2) is 0 Å². The van der Waals surface area contributed by atoms with Crippen LogP contribution in [0, 0.1) is 5.92 Å². The Balaban J connectivity index is 2.47. The number of carbonyl (C=O) groups excluding carboxylic acids is 1. The van der Waals surface area contributed by atoms with Gasteiger partial charge in [0.05, 0.1) is 19.1 Å². The first-order chi connectivity index (χ1) is 7.02. The Labute approximate surface area is 88.0 Å². The van der Waals surface area contributed by atoms with Crippen molar-refractivity contribution in [2.45, 2.75) is 12.5 Å². The molecule has 6 heteroatoms. The zero-order valence-corrected chi connectivity index (χ0v) is 8.68. The van der Waals surface area contributed by atoms with Crippen molar-refractivity contribution < 1.29 is 19.4 Å². The van der Waals surface area contributed by atoms with Gasteiger partial charge in [-0.2, -0.15) is 0 Å². The van der Waals surface area contributed by atoms with Gasteiger partial charge >= 0.3 is 5.97 Å². The van der Waals surface area contributed by atoms with Crippen LogP contribution >= 0.6 is 0 Å². The van der Waals surface area contributed by atoms with Crippen LogP contribution in [-0.4, -0.2) is 54.7 Å². The average Bonchev–Trinajstić information content (AvgIpc) is 2.62. The van der Waals surface area contributed by atoms with Gasteiger partial charge in [-0.05, 0) is 7.05 Å². The van der Waals surface area contributed by atoms with Gasteiger partial charge in [-0.3, -0.25) is 14.5 Å². The summed E-state index contributed by atoms with van der Waals surface area (Å²) in [4.78, 5) is 23.3. The first-order valence-corrected chi connectivity index (χ1v) is 4.81. The topological polar surface area (TPSA) is 92.9 Å². The Morgan fingerprint density at radius 2 is 2.20 bits per heavy atom. The summed E-state index contributed by atoms with van der Waals surface area (Å²) in [5.74, 6) is -1.75. The van der Waals surface area contributed by atoms with Gasteiger partial charge in [0.25, 0.3) is 0 Å². The zero-order chi connectivity index (χ0) is 11.4. The molecule has 0 bridgehead atoms. The fourth-order valence-electron chi connectivity index (χ4n) is 1.67. The molecule has 1 amide bonds. The van der Waals surface area contributed by atoms with Gasteiger partial charge < -0.3 is 15.6 Å². The van der Waals surface area contributed by atoms with Gasteiger partial charge in [0.2, 0.25) is 5.91 Å². The van der Waals surface area contributed by atoms with Crippen molar-refractivity contribution in [1.29, 1.82) is 0 Å². The van der Waals surface area contributed by atoms with Crippen LogP contribution in [0.2, 0.25) is 0 Å². The first-order valence-electron chi connectivity index (χ1n) is 4.81. The second kappa shape index (κ2) is 5.09. The van der Waals surface area contributed by atoms with E-state index >= 15 is 0 Å². The normalized spacial score (nSPS) is 25.7. The Hall–Kier alpha value is -1.14. The summed E-state index contributed by atoms with van der Waals surface area (Å²) in [5, 5.41) is 8.91. The summed E-state index contributed by atoms with van der Waals surface area (Å²) < 4.78 is 5.12. The van der Waals surface area contributed by atoms with E-state index in [1.807, 2.05) is 4.90 Å². The molecule has 0 aromatic carbocycles. The molecule has 0 aromatic rings. The molecular weight excluding hydrogens is 200 g/mol. The third-order valence-electron chi connectivity index (χ3n) is 2.64. The van der Waals surface area contributed by atoms with Crippen molar-refractivity contribution in [2.24, 2.45) is 11.7 Å². The predicted octanol–water partition coefficient (Wildman–Crippen LogP) is -1.11. The van der Waals surface area contributed by atoms with Crippen LogP contribution in [-0.2, 0) is 14.3 Å². The highest BCUT2D eigenvalue weighted by atomic mass is 16.5. The molecule has 0 aliphatic carbocycles. The van der Waals surface area contributed by atoms with E-state index in [0.29, 0.717) is 13.2 Å². The molecule has 1 fully saturated rings. The summed E-state index contributed by atoms with van der Waals surface area (Å²) in [6, 6.07) is -0.165. The number of amides is 1. The molecule has 2 atom stereocenters. The lowest BCUT2D eigenvalue weighted by Gasteiger charge is -2.25. The number of primary amides is 1. The van der Waals surface area contributed by atoms with E-state index in [1.165, 1.54) is 0 Å². The van der Waals surface area contributed by atoms with E-state index in [4.69, 9.17) is 15.6 Å². The third kappa shape index (κ3) is 3.17. The molecule has 3 N–H and O–H groups in total. The number of rotatable bonds is 5. The maximum absolute atomic E-state index is 10.9. The highest BCUT2D eigenvalue weighted by Crippen LogP contribution is 2.18. The molecular formula is C9H16N2O4. The fraction of sp³-hybridized carbons (Fsp3) is 0.778. The van der Waals surface area contributed by atoms with E-state index < -0.39 is 11.9 Å². The lowest BCUT2D eigenvalue weighted by Crippen LogP contribution is -2.42. The monoisotopic (exact) mass is 216 g/mol. The van der Waals surface area contributed by atoms with Crippen molar-refractivity contribution in [3.8, 4) is 0 Å². The van der Waals surface area contributed by atoms with Gasteiger partial charge in [0.1, 0.15) is 0 Å². The number of likely N-dealkylation sites (N-methyl/N-ethyl adjacent to an activating group) is 1. The molecule has 1 aliphatic rings. The number of carboxylic acids is 1. The van der Waals surface area contributed by atoms with Crippen LogP contribution in [0.25, 0.3) is 0 Å². The highest BCUT2D eigenvalue weighted by molar-refractivity contribution is 5.74. The molecule has 86 valence electrons. The number of nitrogens with two attached hydrogens (primary N) is 1. The number of carbonyl (C=O) groups is 2. The summed E-state index contributed by atoms with van der Waals surface area (Å²) in [6.45, 7) is 1.10. The van der Waals surface area contributed by atoms with E-state index in [9.17, 15) is 9.59 Å². The van der Waals surface area contributed by atoms with Crippen LogP contribution in [0.1, 0.15) is 6.42 Å². The molecule has 0 saturated carbocycles. The molecule has 6 nitrogen and oxygen atoms in total. The maximum Gasteiger partial charge on any atom is 0.310 e. The quantitative estimate of drug-likeness (QED) is 0.608. The lowest BCUT2D eigenvalue weighted by molar-refractivity contribution is -0.143. The number of aliphatic carboxylic acids is 1. The molecule has 0 radical (unpaired) electrons. The smallest absolute Gasteiger partial charge is 0.310 e. The van der Waals surface area contributed by atoms with E-state index in [0.717, 1.165) is 0 Å². The van der Waals surface area contributed by atoms with Crippen LogP contribution < -0.4 is 5.73 Å². The van der Waals surface area contributed by atoms with Gasteiger partial charge in [0.15, 0.2) is 0 Å². The number of hydrogen-bond acceptors (Lipinski definition) is 4. The fourth-order valence-corrected chi connectivity index (χ4v) is 1.67. The van der Waals surface area contributed by atoms with Crippen LogP contribution in [0.4, 0.5) is 0 Å². The van der Waals surface area contributed by atoms with Crippen molar-refractivity contribution in [2.75, 3.05) is 26.8 Å². The Kier molecular flexibility index (Phi) is 4.05. The minimum Gasteiger partial charge on any atom is -0.481 e. The SMILES string of the molecule is CN(CCC(N)=O)C1COCC1C(=O)O.